The third-order valence-electron chi connectivity index (χ3n) is 4.22. The van der Waals surface area contributed by atoms with Crippen molar-refractivity contribution in [3.63, 3.8) is 0 Å². The number of nitrogens with one attached hydrogen (secondary N) is 1. The van der Waals surface area contributed by atoms with Crippen molar-refractivity contribution >= 4 is 22.9 Å². The molecule has 0 unspecified atom stereocenters. The van der Waals surface area contributed by atoms with Gasteiger partial charge in [-0.25, -0.2) is 4.98 Å². The van der Waals surface area contributed by atoms with Gasteiger partial charge in [-0.15, -0.1) is 0 Å². The van der Waals surface area contributed by atoms with Crippen LogP contribution in [0.1, 0.15) is 12.5 Å². The Bertz CT molecular complexity index is 1010. The minimum atomic E-state index is 0.359. The topological polar surface area (TPSA) is 94.8 Å². The van der Waals surface area contributed by atoms with E-state index in [1.807, 2.05) is 41.8 Å². The van der Waals surface area contributed by atoms with Gasteiger partial charge in [0, 0.05) is 13.1 Å². The summed E-state index contributed by atoms with van der Waals surface area (Å²) in [6.45, 7) is 3.46. The number of furan rings is 1. The van der Waals surface area contributed by atoms with Crippen LogP contribution in [0.3, 0.4) is 0 Å². The number of nitrogens with zero attached hydrogens (tertiary/aromatic N) is 4. The molecule has 0 atom stereocenters. The Hall–Kier alpha value is -3.35. The molecule has 3 N–H and O–H groups in total. The molecular formula is C19H20N6O. The van der Waals surface area contributed by atoms with Crippen molar-refractivity contribution in [1.82, 2.24) is 19.5 Å². The van der Waals surface area contributed by atoms with E-state index >= 15 is 0 Å². The van der Waals surface area contributed by atoms with Crippen LogP contribution in [0.15, 0.2) is 53.1 Å². The number of aryl methyl sites for hydroxylation is 1. The molecular weight excluding hydrogens is 328 g/mol. The van der Waals surface area contributed by atoms with E-state index in [1.54, 1.807) is 6.26 Å². The third kappa shape index (κ3) is 2.99. The summed E-state index contributed by atoms with van der Waals surface area (Å²) in [5.74, 6) is 2.25. The molecule has 0 aliphatic carbocycles. The normalized spacial score (nSPS) is 11.1. The van der Waals surface area contributed by atoms with Gasteiger partial charge < -0.3 is 20.0 Å². The monoisotopic (exact) mass is 348 g/mol. The second kappa shape index (κ2) is 6.87. The third-order valence-corrected chi connectivity index (χ3v) is 4.22. The lowest BCUT2D eigenvalue weighted by Crippen LogP contribution is -2.10. The van der Waals surface area contributed by atoms with Crippen LogP contribution in [0.25, 0.3) is 22.7 Å². The summed E-state index contributed by atoms with van der Waals surface area (Å²) in [6, 6.07) is 14.0. The van der Waals surface area contributed by atoms with Crippen molar-refractivity contribution in [2.24, 2.45) is 0 Å². The Morgan fingerprint density at radius 2 is 1.92 bits per heavy atom. The molecule has 0 bridgehead atoms. The molecule has 0 saturated carbocycles. The number of hydrogen-bond acceptors (Lipinski definition) is 6. The van der Waals surface area contributed by atoms with Crippen LogP contribution in [-0.2, 0) is 13.0 Å². The van der Waals surface area contributed by atoms with Crippen molar-refractivity contribution in [3.8, 4) is 11.6 Å². The van der Waals surface area contributed by atoms with Crippen molar-refractivity contribution < 1.29 is 4.42 Å². The zero-order valence-corrected chi connectivity index (χ0v) is 14.5. The fourth-order valence-electron chi connectivity index (χ4n) is 2.96. The lowest BCUT2D eigenvalue weighted by molar-refractivity contribution is 0.571. The van der Waals surface area contributed by atoms with Gasteiger partial charge >= 0.3 is 0 Å². The average molecular weight is 348 g/mol. The quantitative estimate of drug-likeness (QED) is 0.555. The zero-order valence-electron chi connectivity index (χ0n) is 14.5. The minimum Gasteiger partial charge on any atom is -0.461 e. The molecule has 0 fully saturated rings. The van der Waals surface area contributed by atoms with Crippen LogP contribution in [0.4, 0.5) is 11.8 Å². The fraction of sp³-hybridized carbons (Fsp3) is 0.211. The molecule has 3 aromatic heterocycles. The first-order valence-electron chi connectivity index (χ1n) is 8.61. The maximum Gasteiger partial charge on any atom is 0.226 e. The molecule has 0 saturated heterocycles. The predicted molar refractivity (Wildman–Crippen MR) is 102 cm³/mol. The Kier molecular flexibility index (Phi) is 4.27. The Balaban J connectivity index is 1.63. The van der Waals surface area contributed by atoms with Crippen LogP contribution >= 0.6 is 0 Å². The van der Waals surface area contributed by atoms with Crippen molar-refractivity contribution in [3.05, 3.63) is 54.3 Å². The van der Waals surface area contributed by atoms with Gasteiger partial charge in [-0.2, -0.15) is 9.97 Å². The van der Waals surface area contributed by atoms with E-state index < -0.39 is 0 Å². The smallest absolute Gasteiger partial charge is 0.226 e. The molecule has 26 heavy (non-hydrogen) atoms. The van der Waals surface area contributed by atoms with Gasteiger partial charge in [0.25, 0.3) is 0 Å². The van der Waals surface area contributed by atoms with Crippen LogP contribution in [0.5, 0.6) is 0 Å². The summed E-state index contributed by atoms with van der Waals surface area (Å²) in [4.78, 5) is 13.6. The maximum absolute atomic E-state index is 6.13. The summed E-state index contributed by atoms with van der Waals surface area (Å²) in [5.41, 5.74) is 8.68. The van der Waals surface area contributed by atoms with Gasteiger partial charge in [0.1, 0.15) is 0 Å². The number of hydrogen-bond donors (Lipinski definition) is 2. The number of benzene rings is 1. The maximum atomic E-state index is 6.13. The number of rotatable bonds is 6. The summed E-state index contributed by atoms with van der Waals surface area (Å²) in [7, 11) is 0. The highest BCUT2D eigenvalue weighted by molar-refractivity contribution is 5.86. The number of nitrogens with two attached hydrogens (primary N) is 1. The lowest BCUT2D eigenvalue weighted by Gasteiger charge is -2.07. The first kappa shape index (κ1) is 16.1. The number of fused-ring (bicyclic) bond motifs is 1. The van der Waals surface area contributed by atoms with E-state index in [1.165, 1.54) is 5.56 Å². The van der Waals surface area contributed by atoms with E-state index in [0.717, 1.165) is 13.0 Å². The Morgan fingerprint density at radius 3 is 2.65 bits per heavy atom. The van der Waals surface area contributed by atoms with E-state index in [0.29, 0.717) is 41.1 Å². The molecule has 7 heteroatoms. The van der Waals surface area contributed by atoms with E-state index in [2.05, 4.69) is 32.4 Å². The van der Waals surface area contributed by atoms with Gasteiger partial charge in [0.2, 0.25) is 5.95 Å². The standard InChI is InChI=1S/C19H20N6O/c1-2-25-17(14-9-6-12-26-14)22-15-16(20)23-19(24-18(15)25)21-11-10-13-7-4-3-5-8-13/h3-9,12H,2,10-11H2,1H3,(H3,20,21,23,24). The number of nitrogen functional groups attached to an aromatic ring is 1. The second-order valence-corrected chi connectivity index (χ2v) is 5.92. The van der Waals surface area contributed by atoms with Crippen molar-refractivity contribution in [1.29, 1.82) is 0 Å². The minimum absolute atomic E-state index is 0.359. The summed E-state index contributed by atoms with van der Waals surface area (Å²) in [5, 5.41) is 3.25. The molecule has 4 rings (SSSR count). The van der Waals surface area contributed by atoms with E-state index in [9.17, 15) is 0 Å². The van der Waals surface area contributed by atoms with E-state index in [4.69, 9.17) is 10.2 Å². The lowest BCUT2D eigenvalue weighted by atomic mass is 10.1. The Morgan fingerprint density at radius 1 is 1.08 bits per heavy atom. The predicted octanol–water partition coefficient (Wildman–Crippen LogP) is 3.34. The SMILES string of the molecule is CCn1c(-c2ccco2)nc2c(N)nc(NCCc3ccccc3)nc21. The van der Waals surface area contributed by atoms with E-state index in [-0.39, 0.29) is 0 Å². The van der Waals surface area contributed by atoms with Crippen molar-refractivity contribution in [2.45, 2.75) is 19.9 Å². The summed E-state index contributed by atoms with van der Waals surface area (Å²) < 4.78 is 7.47. The van der Waals surface area contributed by atoms with Gasteiger partial charge in [-0.1, -0.05) is 30.3 Å². The molecule has 1 aromatic carbocycles. The van der Waals surface area contributed by atoms with Crippen molar-refractivity contribution in [2.75, 3.05) is 17.6 Å². The fourth-order valence-corrected chi connectivity index (χ4v) is 2.96. The number of imidazole rings is 1. The number of anilines is 2. The first-order valence-corrected chi connectivity index (χ1v) is 8.61. The molecule has 132 valence electrons. The summed E-state index contributed by atoms with van der Waals surface area (Å²) in [6.07, 6.45) is 2.51. The highest BCUT2D eigenvalue weighted by Gasteiger charge is 2.18. The van der Waals surface area contributed by atoms with Gasteiger partial charge in [-0.05, 0) is 31.0 Å². The van der Waals surface area contributed by atoms with Crippen LogP contribution < -0.4 is 11.1 Å². The molecule has 0 amide bonds. The molecule has 4 aromatic rings. The highest BCUT2D eigenvalue weighted by Crippen LogP contribution is 2.27. The molecule has 0 aliphatic heterocycles. The van der Waals surface area contributed by atoms with Gasteiger partial charge in [0.05, 0.1) is 6.26 Å². The molecule has 0 aliphatic rings. The van der Waals surface area contributed by atoms with Gasteiger partial charge in [0.15, 0.2) is 28.6 Å². The summed E-state index contributed by atoms with van der Waals surface area (Å²) >= 11 is 0. The van der Waals surface area contributed by atoms with Crippen LogP contribution in [0, 0.1) is 0 Å². The average Bonchev–Trinajstić information content (AvgIpc) is 3.30. The zero-order chi connectivity index (χ0) is 17.9. The number of aromatic nitrogens is 4. The van der Waals surface area contributed by atoms with Crippen LogP contribution in [-0.4, -0.2) is 26.1 Å². The largest absolute Gasteiger partial charge is 0.461 e. The molecule has 0 radical (unpaired) electrons. The highest BCUT2D eigenvalue weighted by atomic mass is 16.3. The van der Waals surface area contributed by atoms with Gasteiger partial charge in [-0.3, -0.25) is 0 Å². The molecule has 7 nitrogen and oxygen atoms in total. The first-order chi connectivity index (χ1) is 12.8. The van der Waals surface area contributed by atoms with Crippen LogP contribution in [0.2, 0.25) is 0 Å². The second-order valence-electron chi connectivity index (χ2n) is 5.92. The molecule has 3 heterocycles. The molecule has 0 spiro atoms. The Labute approximate surface area is 150 Å².